The van der Waals surface area contributed by atoms with Gasteiger partial charge in [0.25, 0.3) is 0 Å². The van der Waals surface area contributed by atoms with Crippen LogP contribution in [0.4, 0.5) is 4.79 Å². The summed E-state index contributed by atoms with van der Waals surface area (Å²) in [4.78, 5) is 25.2. The molecular formula is C19H26ClN3O3. The molecule has 0 saturated heterocycles. The van der Waals surface area contributed by atoms with Gasteiger partial charge in [-0.2, -0.15) is 0 Å². The van der Waals surface area contributed by atoms with Crippen molar-refractivity contribution in [3.8, 4) is 0 Å². The lowest BCUT2D eigenvalue weighted by Gasteiger charge is -2.42. The van der Waals surface area contributed by atoms with Crippen LogP contribution in [0.1, 0.15) is 44.2 Å². The predicted octanol–water partition coefficient (Wildman–Crippen LogP) is 3.03. The molecule has 0 radical (unpaired) electrons. The Kier molecular flexibility index (Phi) is 6.04. The lowest BCUT2D eigenvalue weighted by Crippen LogP contribution is -2.56. The maximum absolute atomic E-state index is 12.4. The van der Waals surface area contributed by atoms with Crippen LogP contribution in [0.5, 0.6) is 0 Å². The molecule has 142 valence electrons. The van der Waals surface area contributed by atoms with Crippen LogP contribution in [0.3, 0.4) is 0 Å². The standard InChI is InChI=1S/C19H26ClN3O3/c1-2-23(11-17(24)25)16-9-15(10-16)21-19(26)22-18(12-3-4-12)13-5-7-14(20)8-6-13/h5-8,12,15-16,18H,2-4,9-11H2,1H3,(H,24,25)(H2,21,22,26). The smallest absolute Gasteiger partial charge is 0.317 e. The lowest BCUT2D eigenvalue weighted by atomic mass is 9.85. The molecule has 1 atom stereocenters. The van der Waals surface area contributed by atoms with Gasteiger partial charge in [0.15, 0.2) is 0 Å². The number of carboxylic acid groups (broad SMARTS) is 1. The largest absolute Gasteiger partial charge is 0.480 e. The van der Waals surface area contributed by atoms with Crippen LogP contribution in [-0.2, 0) is 4.79 Å². The number of halogens is 1. The molecule has 2 aliphatic rings. The molecule has 0 spiro atoms. The number of carbonyl (C=O) groups is 2. The molecule has 2 amide bonds. The van der Waals surface area contributed by atoms with Gasteiger partial charge < -0.3 is 15.7 Å². The Balaban J connectivity index is 1.48. The van der Waals surface area contributed by atoms with Crippen LogP contribution < -0.4 is 10.6 Å². The Morgan fingerprint density at radius 1 is 1.27 bits per heavy atom. The first kappa shape index (κ1) is 19.0. The van der Waals surface area contributed by atoms with E-state index in [1.165, 1.54) is 0 Å². The predicted molar refractivity (Wildman–Crippen MR) is 100 cm³/mol. The van der Waals surface area contributed by atoms with Gasteiger partial charge in [-0.05, 0) is 55.8 Å². The van der Waals surface area contributed by atoms with Gasteiger partial charge in [0.05, 0.1) is 12.6 Å². The second kappa shape index (κ2) is 8.27. The van der Waals surface area contributed by atoms with Crippen molar-refractivity contribution >= 4 is 23.6 Å². The van der Waals surface area contributed by atoms with Crippen molar-refractivity contribution in [3.05, 3.63) is 34.9 Å². The van der Waals surface area contributed by atoms with Crippen molar-refractivity contribution in [1.29, 1.82) is 0 Å². The summed E-state index contributed by atoms with van der Waals surface area (Å²) >= 11 is 5.95. The number of carboxylic acids is 1. The van der Waals surface area contributed by atoms with E-state index in [0.717, 1.165) is 31.2 Å². The summed E-state index contributed by atoms with van der Waals surface area (Å²) in [5, 5.41) is 15.8. The van der Waals surface area contributed by atoms with E-state index in [0.29, 0.717) is 17.5 Å². The molecule has 1 unspecified atom stereocenters. The summed E-state index contributed by atoms with van der Waals surface area (Å²) < 4.78 is 0. The molecule has 2 aliphatic carbocycles. The normalized spacial score (nSPS) is 23.2. The Morgan fingerprint density at radius 2 is 1.92 bits per heavy atom. The third-order valence-corrected chi connectivity index (χ3v) is 5.57. The number of hydrogen-bond acceptors (Lipinski definition) is 3. The van der Waals surface area contributed by atoms with Crippen LogP contribution in [0.25, 0.3) is 0 Å². The van der Waals surface area contributed by atoms with Gasteiger partial charge in [-0.25, -0.2) is 4.79 Å². The van der Waals surface area contributed by atoms with Crippen LogP contribution in [-0.4, -0.2) is 47.2 Å². The third-order valence-electron chi connectivity index (χ3n) is 5.32. The van der Waals surface area contributed by atoms with E-state index >= 15 is 0 Å². The zero-order chi connectivity index (χ0) is 18.7. The van der Waals surface area contributed by atoms with E-state index in [-0.39, 0.29) is 30.7 Å². The minimum absolute atomic E-state index is 0.0160. The van der Waals surface area contributed by atoms with Crippen molar-refractivity contribution in [3.63, 3.8) is 0 Å². The van der Waals surface area contributed by atoms with Crippen LogP contribution >= 0.6 is 11.6 Å². The first-order valence-corrected chi connectivity index (χ1v) is 9.62. The molecule has 0 aliphatic heterocycles. The first-order valence-electron chi connectivity index (χ1n) is 9.24. The zero-order valence-electron chi connectivity index (χ0n) is 15.0. The first-order chi connectivity index (χ1) is 12.5. The molecule has 0 bridgehead atoms. The number of amides is 2. The molecule has 0 aromatic heterocycles. The minimum atomic E-state index is -0.809. The number of nitrogens with zero attached hydrogens (tertiary/aromatic N) is 1. The van der Waals surface area contributed by atoms with Crippen LogP contribution in [0.15, 0.2) is 24.3 Å². The van der Waals surface area contributed by atoms with E-state index in [4.69, 9.17) is 16.7 Å². The SMILES string of the molecule is CCN(CC(=O)O)C1CC(NC(=O)NC(c2ccc(Cl)cc2)C2CC2)C1. The second-order valence-electron chi connectivity index (χ2n) is 7.26. The van der Waals surface area contributed by atoms with E-state index in [1.807, 2.05) is 36.1 Å². The Morgan fingerprint density at radius 3 is 2.46 bits per heavy atom. The van der Waals surface area contributed by atoms with Crippen LogP contribution in [0.2, 0.25) is 5.02 Å². The highest BCUT2D eigenvalue weighted by molar-refractivity contribution is 6.30. The molecule has 3 N–H and O–H groups in total. The summed E-state index contributed by atoms with van der Waals surface area (Å²) in [5.74, 6) is -0.321. The number of carbonyl (C=O) groups excluding carboxylic acids is 1. The van der Waals surface area contributed by atoms with Gasteiger partial charge in [0.2, 0.25) is 0 Å². The van der Waals surface area contributed by atoms with Gasteiger partial charge in [0.1, 0.15) is 0 Å². The summed E-state index contributed by atoms with van der Waals surface area (Å²) in [6.07, 6.45) is 3.84. The number of urea groups is 1. The molecular weight excluding hydrogens is 354 g/mol. The molecule has 26 heavy (non-hydrogen) atoms. The topological polar surface area (TPSA) is 81.7 Å². The number of rotatable bonds is 8. The maximum Gasteiger partial charge on any atom is 0.317 e. The summed E-state index contributed by atoms with van der Waals surface area (Å²) in [6, 6.07) is 7.84. The van der Waals surface area contributed by atoms with Crippen molar-refractivity contribution in [1.82, 2.24) is 15.5 Å². The Bertz CT molecular complexity index is 642. The van der Waals surface area contributed by atoms with Crippen molar-refractivity contribution < 1.29 is 14.7 Å². The summed E-state index contributed by atoms with van der Waals surface area (Å²) in [5.41, 5.74) is 1.08. The summed E-state index contributed by atoms with van der Waals surface area (Å²) in [7, 11) is 0. The summed E-state index contributed by atoms with van der Waals surface area (Å²) in [6.45, 7) is 2.72. The fourth-order valence-corrected chi connectivity index (χ4v) is 3.74. The quantitative estimate of drug-likeness (QED) is 0.648. The molecule has 2 saturated carbocycles. The van der Waals surface area contributed by atoms with Crippen molar-refractivity contribution in [2.45, 2.75) is 50.7 Å². The van der Waals surface area contributed by atoms with Gasteiger partial charge in [-0.15, -0.1) is 0 Å². The maximum atomic E-state index is 12.4. The number of aliphatic carboxylic acids is 1. The fraction of sp³-hybridized carbons (Fsp3) is 0.579. The minimum Gasteiger partial charge on any atom is -0.480 e. The lowest BCUT2D eigenvalue weighted by molar-refractivity contribution is -0.139. The van der Waals surface area contributed by atoms with Gasteiger partial charge in [-0.3, -0.25) is 9.69 Å². The molecule has 0 heterocycles. The van der Waals surface area contributed by atoms with Gasteiger partial charge in [0, 0.05) is 17.1 Å². The Labute approximate surface area is 158 Å². The number of hydrogen-bond donors (Lipinski definition) is 3. The molecule has 7 heteroatoms. The number of nitrogens with one attached hydrogen (secondary N) is 2. The average molecular weight is 380 g/mol. The van der Waals surface area contributed by atoms with Crippen molar-refractivity contribution in [2.24, 2.45) is 5.92 Å². The third kappa shape index (κ3) is 4.89. The van der Waals surface area contributed by atoms with E-state index in [9.17, 15) is 9.59 Å². The highest BCUT2D eigenvalue weighted by Crippen LogP contribution is 2.41. The Hall–Kier alpha value is -1.79. The van der Waals surface area contributed by atoms with E-state index in [1.54, 1.807) is 0 Å². The highest BCUT2D eigenvalue weighted by Gasteiger charge is 2.37. The number of benzene rings is 1. The van der Waals surface area contributed by atoms with Crippen LogP contribution in [0, 0.1) is 5.92 Å². The van der Waals surface area contributed by atoms with Gasteiger partial charge in [-0.1, -0.05) is 30.7 Å². The molecule has 1 aromatic carbocycles. The fourth-order valence-electron chi connectivity index (χ4n) is 3.62. The zero-order valence-corrected chi connectivity index (χ0v) is 15.7. The molecule has 1 aromatic rings. The second-order valence-corrected chi connectivity index (χ2v) is 7.70. The average Bonchev–Trinajstić information content (AvgIpc) is 3.39. The highest BCUT2D eigenvalue weighted by atomic mass is 35.5. The molecule has 6 nitrogen and oxygen atoms in total. The van der Waals surface area contributed by atoms with Crippen molar-refractivity contribution in [2.75, 3.05) is 13.1 Å². The van der Waals surface area contributed by atoms with E-state index < -0.39 is 5.97 Å². The molecule has 3 rings (SSSR count). The number of likely N-dealkylation sites (N-methyl/N-ethyl adjacent to an activating group) is 1. The van der Waals surface area contributed by atoms with E-state index in [2.05, 4.69) is 10.6 Å². The monoisotopic (exact) mass is 379 g/mol. The van der Waals surface area contributed by atoms with Gasteiger partial charge >= 0.3 is 12.0 Å². The molecule has 2 fully saturated rings.